The number of nitrogens with one attached hydrogen (secondary N) is 1. The molecule has 1 amide bonds. The Labute approximate surface area is 113 Å². The van der Waals surface area contributed by atoms with E-state index in [1.807, 2.05) is 26.0 Å². The lowest BCUT2D eigenvalue weighted by Gasteiger charge is -2.13. The number of hydrogen-bond acceptors (Lipinski definition) is 2. The summed E-state index contributed by atoms with van der Waals surface area (Å²) in [5, 5.41) is 2.86. The van der Waals surface area contributed by atoms with Crippen LogP contribution in [0, 0.1) is 13.8 Å². The van der Waals surface area contributed by atoms with E-state index >= 15 is 0 Å². The zero-order valence-corrected chi connectivity index (χ0v) is 11.8. The van der Waals surface area contributed by atoms with E-state index in [-0.39, 0.29) is 5.91 Å². The first-order chi connectivity index (χ1) is 9.00. The van der Waals surface area contributed by atoms with E-state index in [0.29, 0.717) is 11.7 Å². The van der Waals surface area contributed by atoms with E-state index in [2.05, 4.69) is 28.7 Å². The van der Waals surface area contributed by atoms with Gasteiger partial charge < -0.3 is 9.88 Å². The van der Waals surface area contributed by atoms with Crippen LogP contribution >= 0.6 is 0 Å². The second kappa shape index (κ2) is 5.26. The third-order valence-electron chi connectivity index (χ3n) is 3.16. The van der Waals surface area contributed by atoms with Gasteiger partial charge in [0.25, 0.3) is 5.91 Å². The summed E-state index contributed by atoms with van der Waals surface area (Å²) in [5.74, 6) is -0.0898. The molecule has 0 radical (unpaired) electrons. The van der Waals surface area contributed by atoms with Crippen LogP contribution in [0.5, 0.6) is 0 Å². The van der Waals surface area contributed by atoms with Crippen molar-refractivity contribution in [3.63, 3.8) is 0 Å². The van der Waals surface area contributed by atoms with Gasteiger partial charge in [0.2, 0.25) is 0 Å². The normalized spacial score (nSPS) is 10.8. The van der Waals surface area contributed by atoms with Crippen molar-refractivity contribution in [1.29, 1.82) is 0 Å². The van der Waals surface area contributed by atoms with Gasteiger partial charge in [0.1, 0.15) is 0 Å². The summed E-state index contributed by atoms with van der Waals surface area (Å²) < 4.78 is 2.16. The summed E-state index contributed by atoms with van der Waals surface area (Å²) in [5.41, 5.74) is 3.52. The molecule has 0 aliphatic rings. The van der Waals surface area contributed by atoms with Crippen LogP contribution in [-0.2, 0) is 0 Å². The third kappa shape index (κ3) is 2.67. The average molecular weight is 257 g/mol. The lowest BCUT2D eigenvalue weighted by molar-refractivity contribution is 0.102. The summed E-state index contributed by atoms with van der Waals surface area (Å²) in [7, 11) is 0. The fraction of sp³-hybridized carbons (Fsp3) is 0.333. The van der Waals surface area contributed by atoms with Gasteiger partial charge in [0, 0.05) is 23.6 Å². The van der Waals surface area contributed by atoms with Gasteiger partial charge in [-0.2, -0.15) is 0 Å². The van der Waals surface area contributed by atoms with E-state index in [0.717, 1.165) is 17.0 Å². The summed E-state index contributed by atoms with van der Waals surface area (Å²) >= 11 is 0. The first-order valence-corrected chi connectivity index (χ1v) is 6.40. The fourth-order valence-corrected chi connectivity index (χ4v) is 2.44. The minimum atomic E-state index is -0.0898. The number of anilines is 1. The molecule has 2 aromatic rings. The molecule has 2 heterocycles. The highest BCUT2D eigenvalue weighted by Gasteiger charge is 2.17. The number of hydrogen-bond donors (Lipinski definition) is 1. The SMILES string of the molecule is Cc1cc(C(=O)Nc2cccnc2)c(C)n1C(C)C. The van der Waals surface area contributed by atoms with Gasteiger partial charge in [-0.15, -0.1) is 0 Å². The molecule has 0 bridgehead atoms. The first-order valence-electron chi connectivity index (χ1n) is 6.40. The van der Waals surface area contributed by atoms with Crippen LogP contribution in [0.15, 0.2) is 30.6 Å². The Kier molecular flexibility index (Phi) is 3.69. The molecule has 0 aliphatic heterocycles. The predicted molar refractivity (Wildman–Crippen MR) is 76.5 cm³/mol. The standard InChI is InChI=1S/C15H19N3O/c1-10(2)18-11(3)8-14(12(18)4)15(19)17-13-6-5-7-16-9-13/h5-10H,1-4H3,(H,17,19). The zero-order valence-electron chi connectivity index (χ0n) is 11.8. The van der Waals surface area contributed by atoms with Crippen molar-refractivity contribution in [2.75, 3.05) is 5.32 Å². The van der Waals surface area contributed by atoms with Gasteiger partial charge in [0.15, 0.2) is 0 Å². The van der Waals surface area contributed by atoms with Crippen LogP contribution in [0.2, 0.25) is 0 Å². The minimum Gasteiger partial charge on any atom is -0.346 e. The largest absolute Gasteiger partial charge is 0.346 e. The molecule has 0 unspecified atom stereocenters. The highest BCUT2D eigenvalue weighted by atomic mass is 16.1. The Balaban J connectivity index is 2.28. The van der Waals surface area contributed by atoms with Crippen LogP contribution in [0.25, 0.3) is 0 Å². The maximum atomic E-state index is 12.3. The van der Waals surface area contributed by atoms with Crippen LogP contribution in [0.4, 0.5) is 5.69 Å². The van der Waals surface area contributed by atoms with Crippen molar-refractivity contribution < 1.29 is 4.79 Å². The summed E-state index contributed by atoms with van der Waals surface area (Å²) in [6.45, 7) is 8.23. The number of aromatic nitrogens is 2. The summed E-state index contributed by atoms with van der Waals surface area (Å²) in [4.78, 5) is 16.3. The van der Waals surface area contributed by atoms with Gasteiger partial charge in [0.05, 0.1) is 17.4 Å². The molecule has 0 atom stereocenters. The van der Waals surface area contributed by atoms with Crippen molar-refractivity contribution in [3.05, 3.63) is 47.5 Å². The molecule has 0 aliphatic carbocycles. The van der Waals surface area contributed by atoms with Crippen LogP contribution < -0.4 is 5.32 Å². The second-order valence-electron chi connectivity index (χ2n) is 4.94. The topological polar surface area (TPSA) is 46.9 Å². The molecule has 0 aromatic carbocycles. The molecular weight excluding hydrogens is 238 g/mol. The Morgan fingerprint density at radius 1 is 1.37 bits per heavy atom. The number of nitrogens with zero attached hydrogens (tertiary/aromatic N) is 2. The monoisotopic (exact) mass is 257 g/mol. The van der Waals surface area contributed by atoms with Crippen molar-refractivity contribution in [1.82, 2.24) is 9.55 Å². The molecule has 100 valence electrons. The van der Waals surface area contributed by atoms with Crippen molar-refractivity contribution in [3.8, 4) is 0 Å². The van der Waals surface area contributed by atoms with E-state index in [9.17, 15) is 4.79 Å². The van der Waals surface area contributed by atoms with E-state index < -0.39 is 0 Å². The third-order valence-corrected chi connectivity index (χ3v) is 3.16. The summed E-state index contributed by atoms with van der Waals surface area (Å²) in [6, 6.07) is 5.90. The Morgan fingerprint density at radius 2 is 2.11 bits per heavy atom. The van der Waals surface area contributed by atoms with Crippen molar-refractivity contribution in [2.24, 2.45) is 0 Å². The smallest absolute Gasteiger partial charge is 0.257 e. The maximum absolute atomic E-state index is 12.3. The number of carbonyl (C=O) groups excluding carboxylic acids is 1. The molecule has 1 N–H and O–H groups in total. The molecular formula is C15H19N3O. The summed E-state index contributed by atoms with van der Waals surface area (Å²) in [6.07, 6.45) is 3.32. The lowest BCUT2D eigenvalue weighted by Crippen LogP contribution is -2.13. The van der Waals surface area contributed by atoms with E-state index in [4.69, 9.17) is 0 Å². The highest BCUT2D eigenvalue weighted by molar-refractivity contribution is 6.05. The van der Waals surface area contributed by atoms with E-state index in [1.165, 1.54) is 0 Å². The zero-order chi connectivity index (χ0) is 14.0. The van der Waals surface area contributed by atoms with E-state index in [1.54, 1.807) is 18.5 Å². The van der Waals surface area contributed by atoms with Gasteiger partial charge in [-0.3, -0.25) is 9.78 Å². The van der Waals surface area contributed by atoms with Gasteiger partial charge in [-0.05, 0) is 45.9 Å². The first kappa shape index (κ1) is 13.3. The Hall–Kier alpha value is -2.10. The predicted octanol–water partition coefficient (Wildman–Crippen LogP) is 3.33. The van der Waals surface area contributed by atoms with Gasteiger partial charge >= 0.3 is 0 Å². The van der Waals surface area contributed by atoms with Crippen molar-refractivity contribution >= 4 is 11.6 Å². The van der Waals surface area contributed by atoms with Gasteiger partial charge in [-0.25, -0.2) is 0 Å². The molecule has 0 fully saturated rings. The molecule has 2 aromatic heterocycles. The highest BCUT2D eigenvalue weighted by Crippen LogP contribution is 2.21. The molecule has 4 heteroatoms. The van der Waals surface area contributed by atoms with Crippen LogP contribution in [-0.4, -0.2) is 15.5 Å². The average Bonchev–Trinajstić information content (AvgIpc) is 2.66. The van der Waals surface area contributed by atoms with Crippen LogP contribution in [0.3, 0.4) is 0 Å². The molecule has 4 nitrogen and oxygen atoms in total. The Morgan fingerprint density at radius 3 is 2.63 bits per heavy atom. The van der Waals surface area contributed by atoms with Gasteiger partial charge in [-0.1, -0.05) is 0 Å². The fourth-order valence-electron chi connectivity index (χ4n) is 2.44. The Bertz CT molecular complexity index is 585. The number of carbonyl (C=O) groups is 1. The minimum absolute atomic E-state index is 0.0898. The molecule has 2 rings (SSSR count). The quantitative estimate of drug-likeness (QED) is 0.916. The van der Waals surface area contributed by atoms with Crippen molar-refractivity contribution in [2.45, 2.75) is 33.7 Å². The number of aryl methyl sites for hydroxylation is 1. The second-order valence-corrected chi connectivity index (χ2v) is 4.94. The molecule has 0 saturated carbocycles. The molecule has 0 spiro atoms. The number of rotatable bonds is 3. The molecule has 0 saturated heterocycles. The number of amides is 1. The maximum Gasteiger partial charge on any atom is 0.257 e. The number of pyridine rings is 1. The van der Waals surface area contributed by atoms with Crippen LogP contribution in [0.1, 0.15) is 41.6 Å². The molecule has 19 heavy (non-hydrogen) atoms. The lowest BCUT2D eigenvalue weighted by atomic mass is 10.2.